The largest absolute Gasteiger partial charge is 0.460 e. The average Bonchev–Trinajstić information content (AvgIpc) is 2.62. The van der Waals surface area contributed by atoms with Crippen LogP contribution in [-0.2, 0) is 0 Å². The highest BCUT2D eigenvalue weighted by Crippen LogP contribution is 2.46. The Morgan fingerprint density at radius 1 is 1.19 bits per heavy atom. The number of hydrogen-bond donors (Lipinski definition) is 1. The van der Waals surface area contributed by atoms with E-state index in [1.165, 1.54) is 5.32 Å². The van der Waals surface area contributed by atoms with Crippen LogP contribution in [0.5, 0.6) is 0 Å². The van der Waals surface area contributed by atoms with Crippen LogP contribution in [0.2, 0.25) is 0 Å². The third-order valence-electron chi connectivity index (χ3n) is 3.32. The Hall–Kier alpha value is -0.390. The zero-order chi connectivity index (χ0) is 12.4. The first-order valence-electron chi connectivity index (χ1n) is 5.56. The number of rotatable bonds is 4. The summed E-state index contributed by atoms with van der Waals surface area (Å²) < 4.78 is 64.1. The van der Waals surface area contributed by atoms with E-state index < -0.39 is 17.6 Å². The number of unbranched alkanes of at least 4 members (excludes halogenated alkanes) is 1. The standard InChI is InChI=1S/C10H16F5N/c1-2-3-5-8(6-4-7-16-8)9(11,12)10(13,14)15/h16H,2-7H2,1H3/p+1/t8-/m0/s1. The molecule has 0 bridgehead atoms. The minimum Gasteiger partial charge on any atom is -0.336 e. The van der Waals surface area contributed by atoms with Gasteiger partial charge in [0.15, 0.2) is 5.54 Å². The molecular weight excluding hydrogens is 229 g/mol. The molecule has 1 fully saturated rings. The van der Waals surface area contributed by atoms with Crippen LogP contribution < -0.4 is 5.32 Å². The fourth-order valence-electron chi connectivity index (χ4n) is 2.34. The van der Waals surface area contributed by atoms with Crippen LogP contribution in [0.3, 0.4) is 0 Å². The Bertz CT molecular complexity index is 230. The second kappa shape index (κ2) is 4.47. The third-order valence-corrected chi connectivity index (χ3v) is 3.32. The topological polar surface area (TPSA) is 16.6 Å². The highest BCUT2D eigenvalue weighted by molar-refractivity contribution is 4.98. The van der Waals surface area contributed by atoms with E-state index in [9.17, 15) is 22.0 Å². The van der Waals surface area contributed by atoms with Crippen molar-refractivity contribution in [1.29, 1.82) is 0 Å². The summed E-state index contributed by atoms with van der Waals surface area (Å²) in [6.07, 6.45) is -4.11. The number of quaternary nitrogens is 1. The van der Waals surface area contributed by atoms with E-state index in [0.717, 1.165) is 0 Å². The number of hydrogen-bond acceptors (Lipinski definition) is 0. The number of halogens is 5. The van der Waals surface area contributed by atoms with Gasteiger partial charge in [0.1, 0.15) is 0 Å². The van der Waals surface area contributed by atoms with Gasteiger partial charge in [0.2, 0.25) is 0 Å². The Morgan fingerprint density at radius 3 is 2.19 bits per heavy atom. The molecule has 0 aromatic rings. The van der Waals surface area contributed by atoms with Gasteiger partial charge >= 0.3 is 12.1 Å². The van der Waals surface area contributed by atoms with Crippen LogP contribution in [0.15, 0.2) is 0 Å². The van der Waals surface area contributed by atoms with Crippen LogP contribution in [-0.4, -0.2) is 24.2 Å². The molecule has 0 radical (unpaired) electrons. The van der Waals surface area contributed by atoms with Crippen LogP contribution >= 0.6 is 0 Å². The molecule has 1 nitrogen and oxygen atoms in total. The van der Waals surface area contributed by atoms with E-state index in [1.54, 1.807) is 6.92 Å². The Balaban J connectivity index is 2.92. The average molecular weight is 246 g/mol. The SMILES string of the molecule is CCCC[C@@]1(C(F)(F)C(F)(F)F)CCC[NH2+]1. The van der Waals surface area contributed by atoms with Crippen LogP contribution in [0.4, 0.5) is 22.0 Å². The van der Waals surface area contributed by atoms with E-state index >= 15 is 0 Å². The smallest absolute Gasteiger partial charge is 0.336 e. The lowest BCUT2D eigenvalue weighted by Gasteiger charge is -2.35. The normalized spacial score (nSPS) is 27.4. The number of alkyl halides is 5. The fraction of sp³-hybridized carbons (Fsp3) is 1.00. The molecule has 1 atom stereocenters. The number of nitrogens with two attached hydrogens (primary N) is 1. The summed E-state index contributed by atoms with van der Waals surface area (Å²) in [6, 6.07) is 0. The van der Waals surface area contributed by atoms with Gasteiger partial charge in [-0.1, -0.05) is 13.3 Å². The summed E-state index contributed by atoms with van der Waals surface area (Å²) in [4.78, 5) is 0. The van der Waals surface area contributed by atoms with Gasteiger partial charge in [0.25, 0.3) is 0 Å². The molecule has 2 N–H and O–H groups in total. The second-order valence-corrected chi connectivity index (χ2v) is 4.43. The molecule has 1 rings (SSSR count). The quantitative estimate of drug-likeness (QED) is 0.734. The molecule has 0 amide bonds. The van der Waals surface area contributed by atoms with Crippen molar-refractivity contribution in [2.45, 2.75) is 56.7 Å². The molecule has 0 unspecified atom stereocenters. The van der Waals surface area contributed by atoms with E-state index in [4.69, 9.17) is 0 Å². The van der Waals surface area contributed by atoms with E-state index in [-0.39, 0.29) is 12.8 Å². The molecule has 16 heavy (non-hydrogen) atoms. The Kier molecular flexibility index (Phi) is 3.82. The molecule has 1 aliphatic rings. The predicted molar refractivity (Wildman–Crippen MR) is 49.3 cm³/mol. The molecule has 0 saturated carbocycles. The van der Waals surface area contributed by atoms with Crippen molar-refractivity contribution < 1.29 is 27.3 Å². The lowest BCUT2D eigenvalue weighted by atomic mass is 9.84. The van der Waals surface area contributed by atoms with Gasteiger partial charge in [-0.25, -0.2) is 0 Å². The van der Waals surface area contributed by atoms with Gasteiger partial charge < -0.3 is 5.32 Å². The fourth-order valence-corrected chi connectivity index (χ4v) is 2.34. The van der Waals surface area contributed by atoms with Crippen molar-refractivity contribution in [3.63, 3.8) is 0 Å². The Morgan fingerprint density at radius 2 is 1.81 bits per heavy atom. The minimum atomic E-state index is -5.44. The van der Waals surface area contributed by atoms with E-state index in [1.807, 2.05) is 0 Å². The van der Waals surface area contributed by atoms with Crippen molar-refractivity contribution in [1.82, 2.24) is 0 Å². The molecule has 0 aromatic carbocycles. The van der Waals surface area contributed by atoms with Crippen molar-refractivity contribution in [2.24, 2.45) is 0 Å². The molecule has 0 aliphatic carbocycles. The third kappa shape index (κ3) is 2.17. The summed E-state index contributed by atoms with van der Waals surface area (Å²) >= 11 is 0. The van der Waals surface area contributed by atoms with Gasteiger partial charge in [-0.05, 0) is 6.42 Å². The van der Waals surface area contributed by atoms with Crippen molar-refractivity contribution in [3.05, 3.63) is 0 Å². The lowest BCUT2D eigenvalue weighted by Crippen LogP contribution is -2.98. The van der Waals surface area contributed by atoms with Gasteiger partial charge in [-0.3, -0.25) is 0 Å². The molecule has 0 spiro atoms. The first-order chi connectivity index (χ1) is 7.27. The maximum absolute atomic E-state index is 13.5. The molecule has 1 saturated heterocycles. The van der Waals surface area contributed by atoms with Crippen LogP contribution in [0.1, 0.15) is 39.0 Å². The molecule has 0 aromatic heterocycles. The first kappa shape index (κ1) is 13.7. The first-order valence-corrected chi connectivity index (χ1v) is 5.56. The van der Waals surface area contributed by atoms with Crippen molar-refractivity contribution >= 4 is 0 Å². The van der Waals surface area contributed by atoms with Gasteiger partial charge in [-0.2, -0.15) is 22.0 Å². The summed E-state index contributed by atoms with van der Waals surface area (Å²) in [5, 5.41) is 1.19. The van der Waals surface area contributed by atoms with Crippen molar-refractivity contribution in [3.8, 4) is 0 Å². The van der Waals surface area contributed by atoms with Gasteiger partial charge in [0, 0.05) is 19.3 Å². The lowest BCUT2D eigenvalue weighted by molar-refractivity contribution is -0.735. The van der Waals surface area contributed by atoms with E-state index in [0.29, 0.717) is 25.8 Å². The monoisotopic (exact) mass is 246 g/mol. The van der Waals surface area contributed by atoms with Gasteiger partial charge in [0.05, 0.1) is 6.54 Å². The maximum atomic E-state index is 13.5. The van der Waals surface area contributed by atoms with Crippen LogP contribution in [0.25, 0.3) is 0 Å². The van der Waals surface area contributed by atoms with E-state index in [2.05, 4.69) is 0 Å². The van der Waals surface area contributed by atoms with Crippen molar-refractivity contribution in [2.75, 3.05) is 6.54 Å². The summed E-state index contributed by atoms with van der Waals surface area (Å²) in [5.41, 5.74) is -1.96. The minimum absolute atomic E-state index is 0.0560. The summed E-state index contributed by atoms with van der Waals surface area (Å²) in [7, 11) is 0. The summed E-state index contributed by atoms with van der Waals surface area (Å²) in [6.45, 7) is 2.14. The zero-order valence-corrected chi connectivity index (χ0v) is 9.21. The molecule has 1 heterocycles. The molecule has 6 heteroatoms. The van der Waals surface area contributed by atoms with Crippen LogP contribution in [0, 0.1) is 0 Å². The summed E-state index contributed by atoms with van der Waals surface area (Å²) in [5.74, 6) is -4.59. The maximum Gasteiger partial charge on any atom is 0.460 e. The molecular formula is C10H17F5N+. The Labute approximate surface area is 91.4 Å². The zero-order valence-electron chi connectivity index (χ0n) is 9.21. The second-order valence-electron chi connectivity index (χ2n) is 4.43. The van der Waals surface area contributed by atoms with Gasteiger partial charge in [-0.15, -0.1) is 0 Å². The molecule has 1 aliphatic heterocycles. The highest BCUT2D eigenvalue weighted by atomic mass is 19.4. The predicted octanol–water partition coefficient (Wildman–Crippen LogP) is 2.47. The molecule has 96 valence electrons. The highest BCUT2D eigenvalue weighted by Gasteiger charge is 2.72.